The normalized spacial score (nSPS) is 17.2. The molecule has 0 atom stereocenters. The highest BCUT2D eigenvalue weighted by Crippen LogP contribution is 2.31. The smallest absolute Gasteiger partial charge is 0.119 e. The molecule has 3 aromatic rings. The van der Waals surface area contributed by atoms with Crippen LogP contribution in [0, 0.1) is 0 Å². The Morgan fingerprint density at radius 2 is 1.97 bits per heavy atom. The van der Waals surface area contributed by atoms with Crippen molar-refractivity contribution < 1.29 is 4.74 Å². The van der Waals surface area contributed by atoms with Crippen LogP contribution in [0.3, 0.4) is 0 Å². The van der Waals surface area contributed by atoms with E-state index in [1.165, 1.54) is 33.4 Å². The van der Waals surface area contributed by atoms with E-state index in [0.717, 1.165) is 64.5 Å². The number of hydrogen-bond acceptors (Lipinski definition) is 5. The molecule has 1 fully saturated rings. The minimum Gasteiger partial charge on any atom is -0.494 e. The Morgan fingerprint density at radius 1 is 1.03 bits per heavy atom. The third-order valence-electron chi connectivity index (χ3n) is 6.09. The van der Waals surface area contributed by atoms with Crippen LogP contribution in [0.1, 0.15) is 18.4 Å². The Kier molecular flexibility index (Phi) is 5.59. The fraction of sp³-hybridized carbons (Fsp3) is 0.417. The monoisotopic (exact) mass is 407 g/mol. The molecule has 0 aliphatic carbocycles. The highest BCUT2D eigenvalue weighted by atomic mass is 32.1. The van der Waals surface area contributed by atoms with Crippen molar-refractivity contribution in [3.63, 3.8) is 0 Å². The molecule has 1 N–H and O–H groups in total. The first-order valence-electron chi connectivity index (χ1n) is 10.8. The summed E-state index contributed by atoms with van der Waals surface area (Å²) >= 11 is 1.83. The quantitative estimate of drug-likeness (QED) is 0.591. The van der Waals surface area contributed by atoms with Crippen LogP contribution >= 0.6 is 11.3 Å². The topological polar surface area (TPSA) is 27.7 Å². The first-order chi connectivity index (χ1) is 14.4. The van der Waals surface area contributed by atoms with Gasteiger partial charge in [0.15, 0.2) is 0 Å². The van der Waals surface area contributed by atoms with E-state index in [2.05, 4.69) is 63.0 Å². The van der Waals surface area contributed by atoms with Crippen LogP contribution in [-0.4, -0.2) is 50.8 Å². The van der Waals surface area contributed by atoms with Gasteiger partial charge in [0, 0.05) is 60.7 Å². The van der Waals surface area contributed by atoms with Crippen molar-refractivity contribution in [2.24, 2.45) is 0 Å². The molecule has 2 aromatic carbocycles. The third kappa shape index (κ3) is 4.21. The number of piperazine rings is 1. The number of benzene rings is 2. The largest absolute Gasteiger partial charge is 0.494 e. The number of aryl methyl sites for hydroxylation is 1. The van der Waals surface area contributed by atoms with E-state index >= 15 is 0 Å². The van der Waals surface area contributed by atoms with E-state index in [-0.39, 0.29) is 0 Å². The van der Waals surface area contributed by atoms with Crippen LogP contribution in [0.25, 0.3) is 10.1 Å². The molecule has 0 amide bonds. The summed E-state index contributed by atoms with van der Waals surface area (Å²) in [6.45, 7) is 7.46. The van der Waals surface area contributed by atoms with Crippen molar-refractivity contribution in [3.8, 4) is 5.75 Å². The van der Waals surface area contributed by atoms with E-state index in [1.54, 1.807) is 0 Å². The van der Waals surface area contributed by atoms with Gasteiger partial charge in [-0.15, -0.1) is 11.3 Å². The van der Waals surface area contributed by atoms with Crippen molar-refractivity contribution in [1.82, 2.24) is 4.90 Å². The van der Waals surface area contributed by atoms with Crippen molar-refractivity contribution >= 4 is 32.8 Å². The lowest BCUT2D eigenvalue weighted by Crippen LogP contribution is -2.46. The Labute approximate surface area is 177 Å². The number of thiophene rings is 1. The molecule has 0 unspecified atom stereocenters. The van der Waals surface area contributed by atoms with Crippen LogP contribution < -0.4 is 15.0 Å². The lowest BCUT2D eigenvalue weighted by Gasteiger charge is -2.36. The predicted molar refractivity (Wildman–Crippen MR) is 124 cm³/mol. The Bertz CT molecular complexity index is 962. The molecule has 3 heterocycles. The van der Waals surface area contributed by atoms with Gasteiger partial charge < -0.3 is 15.0 Å². The molecule has 2 aliphatic heterocycles. The van der Waals surface area contributed by atoms with E-state index in [9.17, 15) is 0 Å². The van der Waals surface area contributed by atoms with Gasteiger partial charge in [-0.25, -0.2) is 0 Å². The molecule has 2 aliphatic rings. The van der Waals surface area contributed by atoms with Crippen LogP contribution in [-0.2, 0) is 6.42 Å². The van der Waals surface area contributed by atoms with Gasteiger partial charge in [-0.1, -0.05) is 6.07 Å². The number of rotatable bonds is 6. The van der Waals surface area contributed by atoms with Crippen molar-refractivity contribution in [2.45, 2.75) is 19.3 Å². The number of fused-ring (bicyclic) bond motifs is 2. The first kappa shape index (κ1) is 18.8. The molecule has 5 rings (SSSR count). The number of anilines is 2. The molecular weight excluding hydrogens is 378 g/mol. The molecule has 0 saturated carbocycles. The minimum absolute atomic E-state index is 0.792. The summed E-state index contributed by atoms with van der Waals surface area (Å²) in [6.07, 6.45) is 3.45. The third-order valence-corrected chi connectivity index (χ3v) is 6.97. The van der Waals surface area contributed by atoms with Gasteiger partial charge in [0.05, 0.1) is 6.61 Å². The highest BCUT2D eigenvalue weighted by Gasteiger charge is 2.18. The molecule has 29 heavy (non-hydrogen) atoms. The summed E-state index contributed by atoms with van der Waals surface area (Å²) in [5.41, 5.74) is 4.07. The Hall–Kier alpha value is -2.24. The predicted octanol–water partition coefficient (Wildman–Crippen LogP) is 4.85. The summed E-state index contributed by atoms with van der Waals surface area (Å²) in [7, 11) is 0. The van der Waals surface area contributed by atoms with Crippen LogP contribution in [0.4, 0.5) is 11.4 Å². The lowest BCUT2D eigenvalue weighted by molar-refractivity contribution is 0.225. The van der Waals surface area contributed by atoms with Crippen LogP contribution in [0.5, 0.6) is 5.75 Å². The van der Waals surface area contributed by atoms with Crippen LogP contribution in [0.2, 0.25) is 0 Å². The number of ether oxygens (including phenoxy) is 1. The maximum atomic E-state index is 6.03. The van der Waals surface area contributed by atoms with Crippen molar-refractivity contribution in [3.05, 3.63) is 53.4 Å². The van der Waals surface area contributed by atoms with Gasteiger partial charge >= 0.3 is 0 Å². The number of nitrogens with zero attached hydrogens (tertiary/aromatic N) is 2. The Morgan fingerprint density at radius 3 is 2.90 bits per heavy atom. The molecular formula is C24H29N3OS. The van der Waals surface area contributed by atoms with E-state index < -0.39 is 0 Å². The zero-order chi connectivity index (χ0) is 19.5. The van der Waals surface area contributed by atoms with Crippen LogP contribution in [0.15, 0.2) is 47.8 Å². The number of hydrogen-bond donors (Lipinski definition) is 1. The van der Waals surface area contributed by atoms with Gasteiger partial charge in [0.2, 0.25) is 0 Å². The summed E-state index contributed by atoms with van der Waals surface area (Å²) in [6, 6.07) is 15.4. The lowest BCUT2D eigenvalue weighted by atomic mass is 10.0. The standard InChI is InChI=1S/C24H29N3OS/c1-5-23(21-9-17-29-24(21)6-1)27-14-12-26(13-15-27)11-3-16-28-20-7-8-22-19(18-20)4-2-10-25-22/h1,5-9,17-18,25H,2-4,10-16H2. The molecule has 0 radical (unpaired) electrons. The van der Waals surface area contributed by atoms with Gasteiger partial charge in [-0.05, 0) is 66.6 Å². The average Bonchev–Trinajstić information content (AvgIpc) is 3.26. The second-order valence-corrected chi connectivity index (χ2v) is 8.94. The van der Waals surface area contributed by atoms with E-state index in [0.29, 0.717) is 0 Å². The zero-order valence-corrected chi connectivity index (χ0v) is 17.7. The summed E-state index contributed by atoms with van der Waals surface area (Å²) in [5, 5.41) is 7.06. The van der Waals surface area contributed by atoms with Crippen molar-refractivity contribution in [1.29, 1.82) is 0 Å². The second kappa shape index (κ2) is 8.64. The molecule has 0 spiro atoms. The molecule has 0 bridgehead atoms. The van der Waals surface area contributed by atoms with Crippen molar-refractivity contribution in [2.75, 3.05) is 56.1 Å². The maximum Gasteiger partial charge on any atom is 0.119 e. The summed E-state index contributed by atoms with van der Waals surface area (Å²) in [4.78, 5) is 5.12. The van der Waals surface area contributed by atoms with Gasteiger partial charge in [-0.3, -0.25) is 4.90 Å². The van der Waals surface area contributed by atoms with E-state index in [1.807, 2.05) is 11.3 Å². The van der Waals surface area contributed by atoms with E-state index in [4.69, 9.17) is 4.74 Å². The summed E-state index contributed by atoms with van der Waals surface area (Å²) in [5.74, 6) is 1.01. The first-order valence-corrected chi connectivity index (χ1v) is 11.7. The molecule has 4 nitrogen and oxygen atoms in total. The minimum atomic E-state index is 0.792. The fourth-order valence-corrected chi connectivity index (χ4v) is 5.29. The zero-order valence-electron chi connectivity index (χ0n) is 16.9. The second-order valence-electron chi connectivity index (χ2n) is 7.99. The average molecular weight is 408 g/mol. The fourth-order valence-electron chi connectivity index (χ4n) is 4.49. The SMILES string of the molecule is c1cc(N2CCN(CCCOc3ccc4c(c3)CCCN4)CC2)c2ccsc2c1. The van der Waals surface area contributed by atoms with Gasteiger partial charge in [-0.2, -0.15) is 0 Å². The molecule has 1 saturated heterocycles. The van der Waals surface area contributed by atoms with Gasteiger partial charge in [0.1, 0.15) is 5.75 Å². The Balaban J connectivity index is 1.07. The molecule has 1 aromatic heterocycles. The molecule has 152 valence electrons. The molecule has 5 heteroatoms. The highest BCUT2D eigenvalue weighted by molar-refractivity contribution is 7.17. The maximum absolute atomic E-state index is 6.03. The number of nitrogens with one attached hydrogen (secondary N) is 1. The van der Waals surface area contributed by atoms with Gasteiger partial charge in [0.25, 0.3) is 0 Å². The summed E-state index contributed by atoms with van der Waals surface area (Å²) < 4.78 is 7.42.